The van der Waals surface area contributed by atoms with Crippen molar-refractivity contribution in [1.29, 1.82) is 0 Å². The number of nitrogens with zero attached hydrogens (tertiary/aromatic N) is 2. The van der Waals surface area contributed by atoms with Crippen LogP contribution in [0.15, 0.2) is 30.6 Å². The molecule has 0 spiro atoms. The molecule has 0 aliphatic carbocycles. The minimum absolute atomic E-state index is 0.228. The number of H-pyrrole nitrogens is 1. The van der Waals surface area contributed by atoms with E-state index in [0.717, 1.165) is 17.8 Å². The Kier molecular flexibility index (Phi) is 5.92. The van der Waals surface area contributed by atoms with Gasteiger partial charge in [-0.1, -0.05) is 6.92 Å². The van der Waals surface area contributed by atoms with E-state index in [-0.39, 0.29) is 11.4 Å². The highest BCUT2D eigenvalue weighted by atomic mass is 32.2. The average Bonchev–Trinajstić information content (AvgIpc) is 3.07. The summed E-state index contributed by atoms with van der Waals surface area (Å²) < 4.78 is 54.9. The maximum absolute atomic E-state index is 14.8. The Hall–Kier alpha value is -3.21. The molecule has 0 unspecified atom stereocenters. The number of fused-ring (bicyclic) bond motifs is 1. The van der Waals surface area contributed by atoms with Gasteiger partial charge in [-0.2, -0.15) is 0 Å². The molecule has 11 heteroatoms. The second-order valence-electron chi connectivity index (χ2n) is 6.85. The van der Waals surface area contributed by atoms with Crippen molar-refractivity contribution in [2.45, 2.75) is 13.3 Å². The minimum Gasteiger partial charge on any atom is -0.376 e. The van der Waals surface area contributed by atoms with Gasteiger partial charge >= 0.3 is 0 Å². The van der Waals surface area contributed by atoms with Gasteiger partial charge in [-0.25, -0.2) is 22.2 Å². The zero-order chi connectivity index (χ0) is 22.1. The maximum Gasteiger partial charge on any atom is 0.261 e. The molecule has 160 valence electrons. The number of amides is 1. The van der Waals surface area contributed by atoms with Gasteiger partial charge in [0.2, 0.25) is 10.0 Å². The molecule has 0 atom stereocenters. The molecule has 1 aromatic carbocycles. The van der Waals surface area contributed by atoms with Gasteiger partial charge in [0.05, 0.1) is 29.0 Å². The average molecular weight is 437 g/mol. The molecule has 0 saturated heterocycles. The van der Waals surface area contributed by atoms with E-state index in [2.05, 4.69) is 15.3 Å². The Balaban J connectivity index is 1.92. The fourth-order valence-electron chi connectivity index (χ4n) is 2.95. The number of halogens is 2. The van der Waals surface area contributed by atoms with Crippen LogP contribution in [-0.2, 0) is 10.0 Å². The van der Waals surface area contributed by atoms with Crippen molar-refractivity contribution in [3.8, 4) is 0 Å². The standard InChI is InChI=1S/C19H21F2N5O3S/c1-4-7-30(28,29)25-14-6-5-13(20)16(17(14)21)19(27)24-11-8-12-15(26(2)3)10-23-18(12)22-9-11/h5-6,8-10,25H,4,7H2,1-3H3,(H,22,23)(H,24,27). The largest absolute Gasteiger partial charge is 0.376 e. The molecule has 8 nitrogen and oxygen atoms in total. The monoisotopic (exact) mass is 437 g/mol. The summed E-state index contributed by atoms with van der Waals surface area (Å²) in [6.07, 6.45) is 3.41. The van der Waals surface area contributed by atoms with Crippen LogP contribution in [0.3, 0.4) is 0 Å². The summed E-state index contributed by atoms with van der Waals surface area (Å²) >= 11 is 0. The predicted molar refractivity (Wildman–Crippen MR) is 112 cm³/mol. The Morgan fingerprint density at radius 2 is 2.00 bits per heavy atom. The van der Waals surface area contributed by atoms with E-state index in [4.69, 9.17) is 0 Å². The summed E-state index contributed by atoms with van der Waals surface area (Å²) in [6.45, 7) is 1.65. The van der Waals surface area contributed by atoms with Crippen LogP contribution in [-0.4, -0.2) is 44.1 Å². The van der Waals surface area contributed by atoms with Crippen molar-refractivity contribution in [3.63, 3.8) is 0 Å². The lowest BCUT2D eigenvalue weighted by Gasteiger charge is -2.13. The molecule has 30 heavy (non-hydrogen) atoms. The van der Waals surface area contributed by atoms with E-state index in [9.17, 15) is 22.0 Å². The summed E-state index contributed by atoms with van der Waals surface area (Å²) in [4.78, 5) is 21.6. The summed E-state index contributed by atoms with van der Waals surface area (Å²) in [6, 6.07) is 3.39. The fourth-order valence-corrected chi connectivity index (χ4v) is 4.08. The number of carbonyl (C=O) groups is 1. The third-order valence-corrected chi connectivity index (χ3v) is 5.78. The summed E-state index contributed by atoms with van der Waals surface area (Å²) in [7, 11) is -0.140. The molecule has 3 N–H and O–H groups in total. The van der Waals surface area contributed by atoms with E-state index in [1.165, 1.54) is 6.20 Å². The first kappa shape index (κ1) is 21.5. The first-order chi connectivity index (χ1) is 14.1. The summed E-state index contributed by atoms with van der Waals surface area (Å²) in [5, 5.41) is 3.12. The molecule has 0 aliphatic heterocycles. The quantitative estimate of drug-likeness (QED) is 0.526. The molecule has 0 saturated carbocycles. The number of anilines is 3. The smallest absolute Gasteiger partial charge is 0.261 e. The van der Waals surface area contributed by atoms with Gasteiger partial charge in [-0.3, -0.25) is 9.52 Å². The van der Waals surface area contributed by atoms with Crippen molar-refractivity contribution >= 4 is 44.0 Å². The van der Waals surface area contributed by atoms with Crippen LogP contribution in [0, 0.1) is 11.6 Å². The molecule has 0 aliphatic rings. The SMILES string of the molecule is CCCS(=O)(=O)Nc1ccc(F)c(C(=O)Nc2cnc3[nH]cc(N(C)C)c3c2)c1F. The molecule has 3 aromatic rings. The van der Waals surface area contributed by atoms with E-state index in [0.29, 0.717) is 17.5 Å². The second kappa shape index (κ2) is 8.27. The highest BCUT2D eigenvalue weighted by molar-refractivity contribution is 7.92. The molecule has 0 bridgehead atoms. The number of pyridine rings is 1. The van der Waals surface area contributed by atoms with Gasteiger partial charge in [-0.15, -0.1) is 0 Å². The zero-order valence-corrected chi connectivity index (χ0v) is 17.4. The highest BCUT2D eigenvalue weighted by Crippen LogP contribution is 2.27. The number of aromatic amines is 1. The lowest BCUT2D eigenvalue weighted by atomic mass is 10.1. The van der Waals surface area contributed by atoms with Crippen LogP contribution < -0.4 is 14.9 Å². The lowest BCUT2D eigenvalue weighted by Crippen LogP contribution is -2.20. The van der Waals surface area contributed by atoms with Gasteiger partial charge in [0.15, 0.2) is 5.82 Å². The van der Waals surface area contributed by atoms with Crippen LogP contribution in [0.25, 0.3) is 11.0 Å². The third-order valence-electron chi connectivity index (χ3n) is 4.31. The second-order valence-corrected chi connectivity index (χ2v) is 8.69. The van der Waals surface area contributed by atoms with Crippen LogP contribution in [0.4, 0.5) is 25.8 Å². The highest BCUT2D eigenvalue weighted by Gasteiger charge is 2.23. The number of aromatic nitrogens is 2. The van der Waals surface area contributed by atoms with E-state index in [1.807, 2.05) is 23.7 Å². The molecule has 0 fully saturated rings. The molecule has 0 radical (unpaired) electrons. The number of hydrogen-bond acceptors (Lipinski definition) is 5. The van der Waals surface area contributed by atoms with Gasteiger partial charge in [0.1, 0.15) is 17.0 Å². The maximum atomic E-state index is 14.8. The van der Waals surface area contributed by atoms with Gasteiger partial charge in [0, 0.05) is 25.7 Å². The number of nitrogens with one attached hydrogen (secondary N) is 3. The predicted octanol–water partition coefficient (Wildman–Crippen LogP) is 3.31. The van der Waals surface area contributed by atoms with Crippen LogP contribution >= 0.6 is 0 Å². The number of rotatable bonds is 7. The molecule has 2 aromatic heterocycles. The first-order valence-corrected chi connectivity index (χ1v) is 10.7. The van der Waals surface area contributed by atoms with E-state index >= 15 is 0 Å². The Morgan fingerprint density at radius 1 is 1.27 bits per heavy atom. The van der Waals surface area contributed by atoms with Crippen molar-refractivity contribution in [1.82, 2.24) is 9.97 Å². The molecular weight excluding hydrogens is 416 g/mol. The first-order valence-electron chi connectivity index (χ1n) is 9.07. The van der Waals surface area contributed by atoms with Crippen molar-refractivity contribution < 1.29 is 22.0 Å². The number of sulfonamides is 1. The van der Waals surface area contributed by atoms with Crippen LogP contribution in [0.2, 0.25) is 0 Å². The van der Waals surface area contributed by atoms with Crippen LogP contribution in [0.1, 0.15) is 23.7 Å². The molecular formula is C19H21F2N5O3S. The molecule has 3 rings (SSSR count). The third kappa shape index (κ3) is 4.35. The number of carbonyl (C=O) groups excluding carboxylic acids is 1. The number of hydrogen-bond donors (Lipinski definition) is 3. The van der Waals surface area contributed by atoms with Crippen molar-refractivity contribution in [2.24, 2.45) is 0 Å². The lowest BCUT2D eigenvalue weighted by molar-refractivity contribution is 0.101. The number of benzene rings is 1. The zero-order valence-electron chi connectivity index (χ0n) is 16.6. The normalized spacial score (nSPS) is 11.5. The Bertz CT molecular complexity index is 1210. The topological polar surface area (TPSA) is 107 Å². The van der Waals surface area contributed by atoms with Crippen LogP contribution in [0.5, 0.6) is 0 Å². The Morgan fingerprint density at radius 3 is 2.67 bits per heavy atom. The minimum atomic E-state index is -3.81. The Labute approximate surface area is 172 Å². The van der Waals surface area contributed by atoms with E-state index in [1.54, 1.807) is 19.2 Å². The van der Waals surface area contributed by atoms with Gasteiger partial charge < -0.3 is 15.2 Å². The van der Waals surface area contributed by atoms with Crippen molar-refractivity contribution in [2.75, 3.05) is 34.8 Å². The van der Waals surface area contributed by atoms with Crippen molar-refractivity contribution in [3.05, 3.63) is 47.8 Å². The molecule has 1 amide bonds. The van der Waals surface area contributed by atoms with Gasteiger partial charge in [0.25, 0.3) is 5.91 Å². The summed E-state index contributed by atoms with van der Waals surface area (Å²) in [5.74, 6) is -3.71. The summed E-state index contributed by atoms with van der Waals surface area (Å²) in [5.41, 5.74) is 0.239. The van der Waals surface area contributed by atoms with Gasteiger partial charge in [-0.05, 0) is 24.6 Å². The fraction of sp³-hybridized carbons (Fsp3) is 0.263. The molecule has 2 heterocycles. The van der Waals surface area contributed by atoms with E-state index < -0.39 is 38.8 Å².